The minimum Gasteiger partial charge on any atom is -0.335 e. The Morgan fingerprint density at radius 2 is 2.00 bits per heavy atom. The van der Waals surface area contributed by atoms with Crippen molar-refractivity contribution >= 4 is 0 Å². The van der Waals surface area contributed by atoms with E-state index < -0.39 is 0 Å². The van der Waals surface area contributed by atoms with Gasteiger partial charge in [-0.1, -0.05) is 26.7 Å². The van der Waals surface area contributed by atoms with Crippen molar-refractivity contribution in [2.45, 2.75) is 58.9 Å². The zero-order valence-corrected chi connectivity index (χ0v) is 11.4. The maximum Gasteiger partial charge on any atom is 0.108 e. The van der Waals surface area contributed by atoms with Crippen molar-refractivity contribution in [3.05, 3.63) is 18.2 Å². The second-order valence-electron chi connectivity index (χ2n) is 4.55. The van der Waals surface area contributed by atoms with E-state index in [1.165, 1.54) is 44.5 Å². The molecule has 3 heteroatoms. The standard InChI is InChI=1S/C14H27N3/c1-3-9-14-16-11-13-17(14)12-8-6-5-7-10-15-4-2/h11,13,15H,3-10,12H2,1-2H3. The first-order valence-electron chi connectivity index (χ1n) is 7.09. The molecule has 0 aliphatic heterocycles. The van der Waals surface area contributed by atoms with Crippen LogP contribution in [0.2, 0.25) is 0 Å². The first-order chi connectivity index (χ1) is 8.38. The first kappa shape index (κ1) is 14.2. The van der Waals surface area contributed by atoms with Crippen LogP contribution < -0.4 is 5.32 Å². The third kappa shape index (κ3) is 5.87. The van der Waals surface area contributed by atoms with E-state index in [1.807, 2.05) is 6.20 Å². The summed E-state index contributed by atoms with van der Waals surface area (Å²) in [6.45, 7) is 7.77. The van der Waals surface area contributed by atoms with Crippen LogP contribution in [0.4, 0.5) is 0 Å². The summed E-state index contributed by atoms with van der Waals surface area (Å²) in [5, 5.41) is 3.36. The lowest BCUT2D eigenvalue weighted by molar-refractivity contribution is 0.543. The molecule has 0 saturated carbocycles. The van der Waals surface area contributed by atoms with Crippen molar-refractivity contribution in [3.8, 4) is 0 Å². The molecule has 0 saturated heterocycles. The lowest BCUT2D eigenvalue weighted by Gasteiger charge is -2.07. The van der Waals surface area contributed by atoms with E-state index in [-0.39, 0.29) is 0 Å². The third-order valence-electron chi connectivity index (χ3n) is 3.03. The Morgan fingerprint density at radius 1 is 1.18 bits per heavy atom. The minimum absolute atomic E-state index is 1.09. The summed E-state index contributed by atoms with van der Waals surface area (Å²) < 4.78 is 2.31. The molecule has 17 heavy (non-hydrogen) atoms. The van der Waals surface area contributed by atoms with Gasteiger partial charge in [-0.2, -0.15) is 0 Å². The molecule has 0 radical (unpaired) electrons. The Morgan fingerprint density at radius 3 is 2.76 bits per heavy atom. The summed E-state index contributed by atoms with van der Waals surface area (Å²) in [7, 11) is 0. The molecule has 0 aliphatic rings. The molecule has 0 aromatic carbocycles. The van der Waals surface area contributed by atoms with Crippen LogP contribution >= 0.6 is 0 Å². The Hall–Kier alpha value is -0.830. The summed E-state index contributed by atoms with van der Waals surface area (Å²) in [6, 6.07) is 0. The van der Waals surface area contributed by atoms with Gasteiger partial charge >= 0.3 is 0 Å². The Bertz CT molecular complexity index is 281. The Kier molecular flexibility index (Phi) is 7.72. The molecule has 1 rings (SSSR count). The molecule has 0 atom stereocenters. The zero-order valence-electron chi connectivity index (χ0n) is 11.4. The number of nitrogens with zero attached hydrogens (tertiary/aromatic N) is 2. The van der Waals surface area contributed by atoms with Gasteiger partial charge in [0.05, 0.1) is 0 Å². The number of nitrogens with one attached hydrogen (secondary N) is 1. The van der Waals surface area contributed by atoms with E-state index in [4.69, 9.17) is 0 Å². The quantitative estimate of drug-likeness (QED) is 0.634. The van der Waals surface area contributed by atoms with E-state index in [9.17, 15) is 0 Å². The molecule has 1 N–H and O–H groups in total. The van der Waals surface area contributed by atoms with Crippen LogP contribution in [0.3, 0.4) is 0 Å². The zero-order chi connectivity index (χ0) is 12.3. The van der Waals surface area contributed by atoms with Gasteiger partial charge in [-0.15, -0.1) is 0 Å². The fraction of sp³-hybridized carbons (Fsp3) is 0.786. The third-order valence-corrected chi connectivity index (χ3v) is 3.03. The topological polar surface area (TPSA) is 29.9 Å². The summed E-state index contributed by atoms with van der Waals surface area (Å²) in [5.41, 5.74) is 0. The lowest BCUT2D eigenvalue weighted by Crippen LogP contribution is -2.13. The summed E-state index contributed by atoms with van der Waals surface area (Å²) >= 11 is 0. The fourth-order valence-electron chi connectivity index (χ4n) is 2.06. The molecular weight excluding hydrogens is 210 g/mol. The molecular formula is C14H27N3. The molecule has 1 heterocycles. The molecule has 1 aromatic rings. The number of rotatable bonds is 10. The van der Waals surface area contributed by atoms with E-state index >= 15 is 0 Å². The van der Waals surface area contributed by atoms with Gasteiger partial charge in [-0.05, 0) is 32.4 Å². The number of imidazole rings is 1. The molecule has 98 valence electrons. The van der Waals surface area contributed by atoms with Crippen LogP contribution in [-0.4, -0.2) is 22.6 Å². The maximum atomic E-state index is 4.40. The summed E-state index contributed by atoms with van der Waals surface area (Å²) in [6.07, 6.45) is 11.6. The van der Waals surface area contributed by atoms with Gasteiger partial charge in [-0.25, -0.2) is 4.98 Å². The van der Waals surface area contributed by atoms with Crippen molar-refractivity contribution < 1.29 is 0 Å². The number of hydrogen-bond acceptors (Lipinski definition) is 2. The average Bonchev–Trinajstić information content (AvgIpc) is 2.76. The molecule has 0 aliphatic carbocycles. The van der Waals surface area contributed by atoms with E-state index in [0.717, 1.165) is 19.5 Å². The van der Waals surface area contributed by atoms with Crippen LogP contribution in [0.15, 0.2) is 12.4 Å². The van der Waals surface area contributed by atoms with Gasteiger partial charge in [0, 0.05) is 25.4 Å². The number of aromatic nitrogens is 2. The maximum absolute atomic E-state index is 4.40. The fourth-order valence-corrected chi connectivity index (χ4v) is 2.06. The number of hydrogen-bond donors (Lipinski definition) is 1. The molecule has 0 spiro atoms. The number of unbranched alkanes of at least 4 members (excludes halogenated alkanes) is 3. The molecule has 0 bridgehead atoms. The van der Waals surface area contributed by atoms with Gasteiger partial charge in [0.1, 0.15) is 5.82 Å². The molecule has 0 unspecified atom stereocenters. The van der Waals surface area contributed by atoms with Crippen LogP contribution in [-0.2, 0) is 13.0 Å². The second-order valence-corrected chi connectivity index (χ2v) is 4.55. The highest BCUT2D eigenvalue weighted by atomic mass is 15.1. The SMILES string of the molecule is CCCc1nccn1CCCCCCNCC. The average molecular weight is 237 g/mol. The highest BCUT2D eigenvalue weighted by Gasteiger charge is 2.00. The predicted octanol–water partition coefficient (Wildman–Crippen LogP) is 3.01. The van der Waals surface area contributed by atoms with Crippen molar-refractivity contribution in [3.63, 3.8) is 0 Å². The van der Waals surface area contributed by atoms with Gasteiger partial charge in [0.15, 0.2) is 0 Å². The Labute approximate surface area is 106 Å². The van der Waals surface area contributed by atoms with Gasteiger partial charge in [0.2, 0.25) is 0 Å². The van der Waals surface area contributed by atoms with E-state index in [0.29, 0.717) is 0 Å². The molecule has 0 amide bonds. The van der Waals surface area contributed by atoms with Gasteiger partial charge in [-0.3, -0.25) is 0 Å². The molecule has 3 nitrogen and oxygen atoms in total. The first-order valence-corrected chi connectivity index (χ1v) is 7.09. The smallest absolute Gasteiger partial charge is 0.108 e. The summed E-state index contributed by atoms with van der Waals surface area (Å²) in [5.74, 6) is 1.25. The van der Waals surface area contributed by atoms with E-state index in [2.05, 4.69) is 34.9 Å². The predicted molar refractivity (Wildman–Crippen MR) is 73.2 cm³/mol. The van der Waals surface area contributed by atoms with Crippen LogP contribution in [0.5, 0.6) is 0 Å². The van der Waals surface area contributed by atoms with Crippen LogP contribution in [0.1, 0.15) is 51.8 Å². The van der Waals surface area contributed by atoms with Gasteiger partial charge < -0.3 is 9.88 Å². The van der Waals surface area contributed by atoms with Crippen molar-refractivity contribution in [1.82, 2.24) is 14.9 Å². The minimum atomic E-state index is 1.09. The van der Waals surface area contributed by atoms with Crippen LogP contribution in [0.25, 0.3) is 0 Å². The second kappa shape index (κ2) is 9.23. The Balaban J connectivity index is 2.07. The van der Waals surface area contributed by atoms with Gasteiger partial charge in [0.25, 0.3) is 0 Å². The summed E-state index contributed by atoms with van der Waals surface area (Å²) in [4.78, 5) is 4.40. The van der Waals surface area contributed by atoms with Crippen molar-refractivity contribution in [2.24, 2.45) is 0 Å². The van der Waals surface area contributed by atoms with Crippen LogP contribution in [0, 0.1) is 0 Å². The highest BCUT2D eigenvalue weighted by molar-refractivity contribution is 4.92. The molecule has 0 fully saturated rings. The monoisotopic (exact) mass is 237 g/mol. The van der Waals surface area contributed by atoms with Crippen molar-refractivity contribution in [1.29, 1.82) is 0 Å². The lowest BCUT2D eigenvalue weighted by atomic mass is 10.2. The number of aryl methyl sites for hydroxylation is 2. The normalized spacial score (nSPS) is 10.9. The molecule has 1 aromatic heterocycles. The van der Waals surface area contributed by atoms with Crippen molar-refractivity contribution in [2.75, 3.05) is 13.1 Å². The highest BCUT2D eigenvalue weighted by Crippen LogP contribution is 2.06. The van der Waals surface area contributed by atoms with E-state index in [1.54, 1.807) is 0 Å². The largest absolute Gasteiger partial charge is 0.335 e.